The molecule has 1 saturated carbocycles. The van der Waals surface area contributed by atoms with Gasteiger partial charge < -0.3 is 5.32 Å². The summed E-state index contributed by atoms with van der Waals surface area (Å²) >= 11 is 0. The highest BCUT2D eigenvalue weighted by molar-refractivity contribution is 5.45. The Morgan fingerprint density at radius 3 is 2.67 bits per heavy atom. The van der Waals surface area contributed by atoms with Crippen LogP contribution in [-0.2, 0) is 0 Å². The number of halogens is 2. The van der Waals surface area contributed by atoms with Gasteiger partial charge in [0.15, 0.2) is 0 Å². The fraction of sp³-hybridized carbons (Fsp3) is 0.500. The summed E-state index contributed by atoms with van der Waals surface area (Å²) in [4.78, 5) is 0. The Kier molecular flexibility index (Phi) is 2.89. The first-order chi connectivity index (χ1) is 7.15. The Bertz CT molecular complexity index is 351. The normalized spacial score (nSPS) is 25.5. The third kappa shape index (κ3) is 2.46. The van der Waals surface area contributed by atoms with Crippen LogP contribution < -0.4 is 5.32 Å². The number of rotatable bonds is 2. The first kappa shape index (κ1) is 10.4. The zero-order valence-corrected chi connectivity index (χ0v) is 8.76. The van der Waals surface area contributed by atoms with Crippen molar-refractivity contribution in [3.8, 4) is 0 Å². The molecule has 2 atom stereocenters. The van der Waals surface area contributed by atoms with E-state index in [-0.39, 0.29) is 0 Å². The monoisotopic (exact) mass is 211 g/mol. The van der Waals surface area contributed by atoms with E-state index in [1.165, 1.54) is 18.6 Å². The van der Waals surface area contributed by atoms with E-state index >= 15 is 0 Å². The SMILES string of the molecule is CC1CCC(Nc2ccc(F)cc2F)C1. The zero-order valence-electron chi connectivity index (χ0n) is 8.76. The molecule has 1 fully saturated rings. The minimum atomic E-state index is -0.530. The molecular formula is C12H15F2N. The molecule has 15 heavy (non-hydrogen) atoms. The van der Waals surface area contributed by atoms with Crippen LogP contribution in [0.25, 0.3) is 0 Å². The lowest BCUT2D eigenvalue weighted by molar-refractivity contribution is 0.579. The van der Waals surface area contributed by atoms with Crippen molar-refractivity contribution < 1.29 is 8.78 Å². The third-order valence-electron chi connectivity index (χ3n) is 2.99. The molecule has 0 bridgehead atoms. The summed E-state index contributed by atoms with van der Waals surface area (Å²) in [7, 11) is 0. The smallest absolute Gasteiger partial charge is 0.149 e. The Hall–Kier alpha value is -1.12. The van der Waals surface area contributed by atoms with Crippen LogP contribution in [0.5, 0.6) is 0 Å². The topological polar surface area (TPSA) is 12.0 Å². The van der Waals surface area contributed by atoms with Crippen molar-refractivity contribution in [1.82, 2.24) is 0 Å². The molecule has 0 aliphatic heterocycles. The summed E-state index contributed by atoms with van der Waals surface area (Å²) in [6.07, 6.45) is 3.31. The molecule has 2 unspecified atom stereocenters. The van der Waals surface area contributed by atoms with Crippen molar-refractivity contribution in [2.24, 2.45) is 5.92 Å². The van der Waals surface area contributed by atoms with Crippen LogP contribution >= 0.6 is 0 Å². The van der Waals surface area contributed by atoms with Gasteiger partial charge in [0.1, 0.15) is 11.6 Å². The van der Waals surface area contributed by atoms with Gasteiger partial charge in [-0.1, -0.05) is 6.92 Å². The number of hydrogen-bond donors (Lipinski definition) is 1. The number of hydrogen-bond acceptors (Lipinski definition) is 1. The Morgan fingerprint density at radius 1 is 1.27 bits per heavy atom. The summed E-state index contributed by atoms with van der Waals surface area (Å²) in [5, 5.41) is 3.13. The standard InChI is InChI=1S/C12H15F2N/c1-8-2-4-10(6-8)15-12-5-3-9(13)7-11(12)14/h3,5,7-8,10,15H,2,4,6H2,1H3. The van der Waals surface area contributed by atoms with Gasteiger partial charge in [-0.15, -0.1) is 0 Å². The predicted molar refractivity (Wildman–Crippen MR) is 56.8 cm³/mol. The van der Waals surface area contributed by atoms with Gasteiger partial charge in [-0.05, 0) is 37.3 Å². The molecule has 0 radical (unpaired) electrons. The van der Waals surface area contributed by atoms with Gasteiger partial charge in [0.25, 0.3) is 0 Å². The molecule has 0 spiro atoms. The van der Waals surface area contributed by atoms with E-state index in [0.717, 1.165) is 18.9 Å². The summed E-state index contributed by atoms with van der Waals surface area (Å²) in [5.41, 5.74) is 0.413. The largest absolute Gasteiger partial charge is 0.380 e. The maximum atomic E-state index is 13.3. The molecule has 0 aromatic heterocycles. The second-order valence-electron chi connectivity index (χ2n) is 4.38. The molecule has 0 saturated heterocycles. The summed E-state index contributed by atoms with van der Waals surface area (Å²) in [6, 6.07) is 4.00. The van der Waals surface area contributed by atoms with Gasteiger partial charge >= 0.3 is 0 Å². The van der Waals surface area contributed by atoms with Crippen molar-refractivity contribution in [1.29, 1.82) is 0 Å². The van der Waals surface area contributed by atoms with E-state index in [9.17, 15) is 8.78 Å². The maximum absolute atomic E-state index is 13.3. The molecule has 1 N–H and O–H groups in total. The van der Waals surface area contributed by atoms with Crippen LogP contribution in [-0.4, -0.2) is 6.04 Å². The van der Waals surface area contributed by atoms with Crippen molar-refractivity contribution in [2.45, 2.75) is 32.2 Å². The van der Waals surface area contributed by atoms with E-state index in [1.807, 2.05) is 0 Å². The van der Waals surface area contributed by atoms with Gasteiger partial charge in [0.2, 0.25) is 0 Å². The number of nitrogens with one attached hydrogen (secondary N) is 1. The van der Waals surface area contributed by atoms with E-state index in [1.54, 1.807) is 0 Å². The lowest BCUT2D eigenvalue weighted by Gasteiger charge is -2.14. The summed E-state index contributed by atoms with van der Waals surface area (Å²) < 4.78 is 26.0. The van der Waals surface area contributed by atoms with Crippen molar-refractivity contribution in [3.05, 3.63) is 29.8 Å². The first-order valence-corrected chi connectivity index (χ1v) is 5.37. The molecule has 1 nitrogen and oxygen atoms in total. The highest BCUT2D eigenvalue weighted by atomic mass is 19.1. The highest BCUT2D eigenvalue weighted by Crippen LogP contribution is 2.28. The Balaban J connectivity index is 2.04. The molecule has 1 aromatic rings. The molecule has 1 aliphatic carbocycles. The fourth-order valence-electron chi connectivity index (χ4n) is 2.16. The minimum absolute atomic E-state index is 0.333. The van der Waals surface area contributed by atoms with E-state index < -0.39 is 11.6 Å². The molecule has 3 heteroatoms. The molecular weight excluding hydrogens is 196 g/mol. The molecule has 1 aromatic carbocycles. The maximum Gasteiger partial charge on any atom is 0.149 e. The molecule has 0 heterocycles. The van der Waals surface area contributed by atoms with Gasteiger partial charge in [0, 0.05) is 12.1 Å². The van der Waals surface area contributed by atoms with Crippen molar-refractivity contribution >= 4 is 5.69 Å². The third-order valence-corrected chi connectivity index (χ3v) is 2.99. The minimum Gasteiger partial charge on any atom is -0.380 e. The quantitative estimate of drug-likeness (QED) is 0.788. The number of anilines is 1. The van der Waals surface area contributed by atoms with Gasteiger partial charge in [-0.25, -0.2) is 8.78 Å². The zero-order chi connectivity index (χ0) is 10.8. The van der Waals surface area contributed by atoms with Crippen LogP contribution in [0, 0.1) is 17.6 Å². The van der Waals surface area contributed by atoms with Crippen LogP contribution in [0.2, 0.25) is 0 Å². The highest BCUT2D eigenvalue weighted by Gasteiger charge is 2.21. The Labute approximate surface area is 88.5 Å². The van der Waals surface area contributed by atoms with E-state index in [0.29, 0.717) is 17.6 Å². The second kappa shape index (κ2) is 4.17. The van der Waals surface area contributed by atoms with Crippen LogP contribution in [0.3, 0.4) is 0 Å². The molecule has 82 valence electrons. The van der Waals surface area contributed by atoms with Crippen molar-refractivity contribution in [3.63, 3.8) is 0 Å². The average Bonchev–Trinajstić information content (AvgIpc) is 2.56. The van der Waals surface area contributed by atoms with Gasteiger partial charge in [-0.3, -0.25) is 0 Å². The van der Waals surface area contributed by atoms with Gasteiger partial charge in [-0.2, -0.15) is 0 Å². The van der Waals surface area contributed by atoms with Crippen LogP contribution in [0.15, 0.2) is 18.2 Å². The second-order valence-corrected chi connectivity index (χ2v) is 4.38. The van der Waals surface area contributed by atoms with Crippen LogP contribution in [0.4, 0.5) is 14.5 Å². The summed E-state index contributed by atoms with van der Waals surface area (Å²) in [5.74, 6) is -0.335. The van der Waals surface area contributed by atoms with Crippen LogP contribution in [0.1, 0.15) is 26.2 Å². The lowest BCUT2D eigenvalue weighted by Crippen LogP contribution is -2.16. The Morgan fingerprint density at radius 2 is 2.07 bits per heavy atom. The van der Waals surface area contributed by atoms with E-state index in [4.69, 9.17) is 0 Å². The van der Waals surface area contributed by atoms with E-state index in [2.05, 4.69) is 12.2 Å². The average molecular weight is 211 g/mol. The summed E-state index contributed by atoms with van der Waals surface area (Å²) in [6.45, 7) is 2.20. The molecule has 0 amide bonds. The lowest BCUT2D eigenvalue weighted by atomic mass is 10.1. The fourth-order valence-corrected chi connectivity index (χ4v) is 2.16. The molecule has 1 aliphatic rings. The predicted octanol–water partition coefficient (Wildman–Crippen LogP) is 3.57. The first-order valence-electron chi connectivity index (χ1n) is 5.37. The van der Waals surface area contributed by atoms with Crippen molar-refractivity contribution in [2.75, 3.05) is 5.32 Å². The molecule has 2 rings (SSSR count). The van der Waals surface area contributed by atoms with Gasteiger partial charge in [0.05, 0.1) is 5.69 Å². The number of benzene rings is 1.